The average Bonchev–Trinajstić information content (AvgIpc) is 2.76. The number of fused-ring (bicyclic) bond motifs is 1. The molecule has 0 saturated heterocycles. The van der Waals surface area contributed by atoms with Crippen LogP contribution in [0.3, 0.4) is 0 Å². The summed E-state index contributed by atoms with van der Waals surface area (Å²) < 4.78 is 25.4. The maximum absolute atomic E-state index is 12.1. The van der Waals surface area contributed by atoms with E-state index in [1.807, 2.05) is 6.07 Å². The van der Waals surface area contributed by atoms with E-state index in [1.165, 1.54) is 11.4 Å². The first kappa shape index (κ1) is 12.1. The van der Waals surface area contributed by atoms with Gasteiger partial charge in [0.05, 0.1) is 11.4 Å². The van der Waals surface area contributed by atoms with Gasteiger partial charge in [0.25, 0.3) is 0 Å². The van der Waals surface area contributed by atoms with E-state index in [2.05, 4.69) is 11.2 Å². The van der Waals surface area contributed by atoms with Crippen molar-refractivity contribution in [3.63, 3.8) is 0 Å². The summed E-state index contributed by atoms with van der Waals surface area (Å²) in [6.07, 6.45) is 5.13. The molecule has 0 spiro atoms. The van der Waals surface area contributed by atoms with E-state index in [0.29, 0.717) is 4.90 Å². The van der Waals surface area contributed by atoms with Crippen LogP contribution in [0.4, 0.5) is 0 Å². The second-order valence-electron chi connectivity index (χ2n) is 4.00. The van der Waals surface area contributed by atoms with Crippen molar-refractivity contribution in [2.45, 2.75) is 18.0 Å². The van der Waals surface area contributed by atoms with Gasteiger partial charge in [-0.05, 0) is 23.3 Å². The van der Waals surface area contributed by atoms with Crippen molar-refractivity contribution in [1.82, 2.24) is 9.62 Å². The van der Waals surface area contributed by atoms with Crippen molar-refractivity contribution >= 4 is 10.0 Å². The summed E-state index contributed by atoms with van der Waals surface area (Å²) in [6.45, 7) is 1.60. The molecule has 0 aromatic heterocycles. The predicted molar refractivity (Wildman–Crippen MR) is 65.6 cm³/mol. The average molecular weight is 250 g/mol. The number of hydrogen-bond acceptors (Lipinski definition) is 3. The second kappa shape index (κ2) is 4.49. The van der Waals surface area contributed by atoms with Gasteiger partial charge in [0.2, 0.25) is 10.0 Å². The van der Waals surface area contributed by atoms with Crippen LogP contribution in [0, 0.1) is 12.3 Å². The SMILES string of the molecule is C#CCN(C)S(=O)(=O)c1ccc2c(c1)CNC2. The highest BCUT2D eigenvalue weighted by Crippen LogP contribution is 2.21. The van der Waals surface area contributed by atoms with Crippen LogP contribution >= 0.6 is 0 Å². The Labute approximate surface area is 102 Å². The van der Waals surface area contributed by atoms with Crippen molar-refractivity contribution in [3.8, 4) is 12.3 Å². The molecule has 0 atom stereocenters. The first-order valence-electron chi connectivity index (χ1n) is 5.28. The summed E-state index contributed by atoms with van der Waals surface area (Å²) in [5.74, 6) is 2.33. The highest BCUT2D eigenvalue weighted by atomic mass is 32.2. The molecule has 1 aliphatic rings. The van der Waals surface area contributed by atoms with Crippen LogP contribution in [0.2, 0.25) is 0 Å². The second-order valence-corrected chi connectivity index (χ2v) is 6.04. The van der Waals surface area contributed by atoms with Gasteiger partial charge in [-0.2, -0.15) is 4.31 Å². The number of rotatable bonds is 3. The Morgan fingerprint density at radius 1 is 1.41 bits per heavy atom. The number of hydrogen-bond donors (Lipinski definition) is 1. The monoisotopic (exact) mass is 250 g/mol. The molecule has 0 amide bonds. The van der Waals surface area contributed by atoms with E-state index in [4.69, 9.17) is 6.42 Å². The quantitative estimate of drug-likeness (QED) is 0.797. The van der Waals surface area contributed by atoms with Crippen molar-refractivity contribution in [1.29, 1.82) is 0 Å². The Kier molecular flexibility index (Phi) is 3.20. The minimum absolute atomic E-state index is 0.0810. The molecule has 0 unspecified atom stereocenters. The van der Waals surface area contributed by atoms with Crippen LogP contribution in [0.1, 0.15) is 11.1 Å². The van der Waals surface area contributed by atoms with Gasteiger partial charge in [0.15, 0.2) is 0 Å². The molecule has 1 aromatic carbocycles. The normalized spacial score (nSPS) is 14.6. The van der Waals surface area contributed by atoms with Gasteiger partial charge >= 0.3 is 0 Å². The number of nitrogens with zero attached hydrogens (tertiary/aromatic N) is 1. The lowest BCUT2D eigenvalue weighted by atomic mass is 10.1. The van der Waals surface area contributed by atoms with Crippen LogP contribution in [0.25, 0.3) is 0 Å². The molecule has 2 rings (SSSR count). The van der Waals surface area contributed by atoms with E-state index in [0.717, 1.165) is 24.2 Å². The van der Waals surface area contributed by atoms with E-state index in [1.54, 1.807) is 12.1 Å². The van der Waals surface area contributed by atoms with Crippen LogP contribution in [0.5, 0.6) is 0 Å². The third kappa shape index (κ3) is 2.20. The summed E-state index contributed by atoms with van der Waals surface area (Å²) in [5.41, 5.74) is 2.20. The Morgan fingerprint density at radius 3 is 2.82 bits per heavy atom. The van der Waals surface area contributed by atoms with Crippen LogP contribution in [-0.4, -0.2) is 26.3 Å². The van der Waals surface area contributed by atoms with Crippen molar-refractivity contribution in [2.24, 2.45) is 0 Å². The van der Waals surface area contributed by atoms with Crippen LogP contribution in [0.15, 0.2) is 23.1 Å². The molecule has 0 bridgehead atoms. The summed E-state index contributed by atoms with van der Waals surface area (Å²) in [7, 11) is -1.97. The maximum atomic E-state index is 12.1. The minimum atomic E-state index is -3.46. The predicted octanol–water partition coefficient (Wildman–Crippen LogP) is 0.544. The van der Waals surface area contributed by atoms with Crippen LogP contribution in [-0.2, 0) is 23.1 Å². The number of terminal acetylenes is 1. The molecule has 1 N–H and O–H groups in total. The van der Waals surface area contributed by atoms with E-state index in [9.17, 15) is 8.42 Å². The molecule has 5 heteroatoms. The fourth-order valence-electron chi connectivity index (χ4n) is 1.83. The van der Waals surface area contributed by atoms with Crippen molar-refractivity contribution in [2.75, 3.05) is 13.6 Å². The van der Waals surface area contributed by atoms with Gasteiger partial charge in [-0.15, -0.1) is 6.42 Å². The topological polar surface area (TPSA) is 49.4 Å². The van der Waals surface area contributed by atoms with Gasteiger partial charge in [0.1, 0.15) is 0 Å². The Balaban J connectivity index is 2.38. The molecule has 17 heavy (non-hydrogen) atoms. The summed E-state index contributed by atoms with van der Waals surface area (Å²) in [4.78, 5) is 0.303. The molecular weight excluding hydrogens is 236 g/mol. The molecule has 0 radical (unpaired) electrons. The molecule has 0 saturated carbocycles. The third-order valence-corrected chi connectivity index (χ3v) is 4.63. The molecule has 90 valence electrons. The van der Waals surface area contributed by atoms with Gasteiger partial charge in [-0.25, -0.2) is 8.42 Å². The van der Waals surface area contributed by atoms with Gasteiger partial charge in [-0.1, -0.05) is 12.0 Å². The van der Waals surface area contributed by atoms with E-state index >= 15 is 0 Å². The largest absolute Gasteiger partial charge is 0.309 e. The molecular formula is C12H14N2O2S. The standard InChI is InChI=1S/C12H14N2O2S/c1-3-6-14(2)17(15,16)12-5-4-10-8-13-9-11(10)7-12/h1,4-5,7,13H,6,8-9H2,2H3. The summed E-state index contributed by atoms with van der Waals surface area (Å²) in [5, 5.41) is 3.18. The third-order valence-electron chi connectivity index (χ3n) is 2.83. The summed E-state index contributed by atoms with van der Waals surface area (Å²) in [6, 6.07) is 5.21. The number of sulfonamides is 1. The van der Waals surface area contributed by atoms with Crippen molar-refractivity contribution in [3.05, 3.63) is 29.3 Å². The lowest BCUT2D eigenvalue weighted by molar-refractivity contribution is 0.503. The zero-order valence-corrected chi connectivity index (χ0v) is 10.4. The maximum Gasteiger partial charge on any atom is 0.243 e. The van der Waals surface area contributed by atoms with E-state index in [-0.39, 0.29) is 6.54 Å². The highest BCUT2D eigenvalue weighted by Gasteiger charge is 2.22. The van der Waals surface area contributed by atoms with Crippen molar-refractivity contribution < 1.29 is 8.42 Å². The lowest BCUT2D eigenvalue weighted by Gasteiger charge is -2.14. The molecule has 1 heterocycles. The molecule has 4 nitrogen and oxygen atoms in total. The Morgan fingerprint density at radius 2 is 2.12 bits per heavy atom. The fraction of sp³-hybridized carbons (Fsp3) is 0.333. The van der Waals surface area contributed by atoms with Gasteiger partial charge < -0.3 is 5.32 Å². The lowest BCUT2D eigenvalue weighted by Crippen LogP contribution is -2.27. The highest BCUT2D eigenvalue weighted by molar-refractivity contribution is 7.89. The summed E-state index contributed by atoms with van der Waals surface area (Å²) >= 11 is 0. The van der Waals surface area contributed by atoms with Gasteiger partial charge in [-0.3, -0.25) is 0 Å². The van der Waals surface area contributed by atoms with Crippen LogP contribution < -0.4 is 5.32 Å². The molecule has 1 aromatic rings. The van der Waals surface area contributed by atoms with E-state index < -0.39 is 10.0 Å². The Bertz CT molecular complexity index is 573. The fourth-order valence-corrected chi connectivity index (χ4v) is 2.96. The first-order valence-corrected chi connectivity index (χ1v) is 6.72. The molecule has 0 fully saturated rings. The minimum Gasteiger partial charge on any atom is -0.309 e. The zero-order chi connectivity index (χ0) is 12.5. The molecule has 1 aliphatic heterocycles. The smallest absolute Gasteiger partial charge is 0.243 e. The number of benzene rings is 1. The Hall–Kier alpha value is -1.35. The number of nitrogens with one attached hydrogen (secondary N) is 1. The van der Waals surface area contributed by atoms with Gasteiger partial charge in [0, 0.05) is 20.1 Å². The zero-order valence-electron chi connectivity index (χ0n) is 9.60. The molecule has 0 aliphatic carbocycles. The first-order chi connectivity index (χ1) is 8.05.